The van der Waals surface area contributed by atoms with E-state index in [0.29, 0.717) is 16.0 Å². The third-order valence-electron chi connectivity index (χ3n) is 3.83. The molecule has 2 aromatic carbocycles. The van der Waals surface area contributed by atoms with E-state index in [1.807, 2.05) is 61.0 Å². The molecule has 0 unspecified atom stereocenters. The Hall–Kier alpha value is -2.64. The first kappa shape index (κ1) is 19.1. The smallest absolute Gasteiger partial charge is 0.250 e. The normalized spacial score (nSPS) is 11.1. The highest BCUT2D eigenvalue weighted by atomic mass is 35.5. The number of hydrogen-bond donors (Lipinski definition) is 1. The van der Waals surface area contributed by atoms with Gasteiger partial charge in [-0.15, -0.1) is 10.2 Å². The lowest BCUT2D eigenvalue weighted by atomic mass is 10.1. The van der Waals surface area contributed by atoms with Crippen molar-refractivity contribution in [2.75, 3.05) is 5.75 Å². The summed E-state index contributed by atoms with van der Waals surface area (Å²) in [5, 5.41) is 13.6. The summed E-state index contributed by atoms with van der Waals surface area (Å²) in [5.41, 5.74) is 5.46. The molecule has 0 fully saturated rings. The topological polar surface area (TPSA) is 72.2 Å². The van der Waals surface area contributed by atoms with Crippen LogP contribution in [-0.4, -0.2) is 32.6 Å². The van der Waals surface area contributed by atoms with Crippen LogP contribution in [0.3, 0.4) is 0 Å². The van der Waals surface area contributed by atoms with Crippen molar-refractivity contribution < 1.29 is 4.79 Å². The van der Waals surface area contributed by atoms with Gasteiger partial charge < -0.3 is 4.57 Å². The van der Waals surface area contributed by atoms with Crippen molar-refractivity contribution in [2.24, 2.45) is 12.1 Å². The number of amides is 1. The Morgan fingerprint density at radius 1 is 1.26 bits per heavy atom. The van der Waals surface area contributed by atoms with Crippen LogP contribution in [0.15, 0.2) is 58.8 Å². The van der Waals surface area contributed by atoms with Crippen molar-refractivity contribution in [1.82, 2.24) is 20.2 Å². The molecule has 0 spiro atoms. The summed E-state index contributed by atoms with van der Waals surface area (Å²) in [6.07, 6.45) is 1.64. The third-order valence-corrected chi connectivity index (χ3v) is 5.09. The number of benzene rings is 2. The number of rotatable bonds is 6. The minimum Gasteiger partial charge on any atom is -0.305 e. The van der Waals surface area contributed by atoms with Gasteiger partial charge in [0.2, 0.25) is 0 Å². The van der Waals surface area contributed by atoms with Gasteiger partial charge in [0.15, 0.2) is 11.0 Å². The number of thioether (sulfide) groups is 1. The fourth-order valence-corrected chi connectivity index (χ4v) is 3.28. The van der Waals surface area contributed by atoms with Gasteiger partial charge in [-0.25, -0.2) is 5.43 Å². The van der Waals surface area contributed by atoms with Gasteiger partial charge in [0.05, 0.1) is 12.0 Å². The molecule has 8 heteroatoms. The minimum absolute atomic E-state index is 0.187. The lowest BCUT2D eigenvalue weighted by Gasteiger charge is -2.04. The zero-order chi connectivity index (χ0) is 19.2. The molecular weight excluding hydrogens is 382 g/mol. The molecule has 3 rings (SSSR count). The van der Waals surface area contributed by atoms with Gasteiger partial charge in [-0.1, -0.05) is 59.8 Å². The van der Waals surface area contributed by atoms with Crippen LogP contribution in [0.1, 0.15) is 11.1 Å². The van der Waals surface area contributed by atoms with Gasteiger partial charge in [-0.05, 0) is 30.2 Å². The van der Waals surface area contributed by atoms with Crippen LogP contribution in [0.25, 0.3) is 11.4 Å². The number of hydrazone groups is 1. The maximum Gasteiger partial charge on any atom is 0.250 e. The molecule has 0 saturated carbocycles. The minimum atomic E-state index is -0.211. The van der Waals surface area contributed by atoms with E-state index in [4.69, 9.17) is 11.6 Å². The number of nitrogens with zero attached hydrogens (tertiary/aromatic N) is 4. The molecule has 1 N–H and O–H groups in total. The fraction of sp³-hybridized carbons (Fsp3) is 0.158. The molecule has 0 saturated heterocycles. The van der Waals surface area contributed by atoms with E-state index in [9.17, 15) is 4.79 Å². The van der Waals surface area contributed by atoms with E-state index in [1.54, 1.807) is 12.3 Å². The van der Waals surface area contributed by atoms with Gasteiger partial charge in [-0.3, -0.25) is 4.79 Å². The molecule has 0 aliphatic rings. The monoisotopic (exact) mass is 399 g/mol. The van der Waals surface area contributed by atoms with Crippen molar-refractivity contribution in [3.05, 3.63) is 64.7 Å². The van der Waals surface area contributed by atoms with Crippen molar-refractivity contribution in [1.29, 1.82) is 0 Å². The van der Waals surface area contributed by atoms with E-state index >= 15 is 0 Å². The van der Waals surface area contributed by atoms with E-state index in [1.165, 1.54) is 11.8 Å². The Morgan fingerprint density at radius 3 is 2.85 bits per heavy atom. The predicted molar refractivity (Wildman–Crippen MR) is 109 cm³/mol. The summed E-state index contributed by atoms with van der Waals surface area (Å²) in [5.74, 6) is 0.669. The molecule has 0 radical (unpaired) electrons. The number of nitrogens with one attached hydrogen (secondary N) is 1. The summed E-state index contributed by atoms with van der Waals surface area (Å²) in [6.45, 7) is 1.99. The van der Waals surface area contributed by atoms with Gasteiger partial charge in [0, 0.05) is 17.6 Å². The van der Waals surface area contributed by atoms with E-state index in [-0.39, 0.29) is 11.7 Å². The van der Waals surface area contributed by atoms with Gasteiger partial charge in [-0.2, -0.15) is 5.10 Å². The zero-order valence-electron chi connectivity index (χ0n) is 14.9. The van der Waals surface area contributed by atoms with Crippen LogP contribution in [0.2, 0.25) is 5.02 Å². The Kier molecular flexibility index (Phi) is 6.26. The van der Waals surface area contributed by atoms with Gasteiger partial charge in [0.1, 0.15) is 0 Å². The highest BCUT2D eigenvalue weighted by Crippen LogP contribution is 2.24. The predicted octanol–water partition coefficient (Wildman–Crippen LogP) is 3.69. The van der Waals surface area contributed by atoms with Crippen molar-refractivity contribution in [3.63, 3.8) is 0 Å². The molecule has 138 valence electrons. The van der Waals surface area contributed by atoms with E-state index in [0.717, 1.165) is 16.7 Å². The van der Waals surface area contributed by atoms with Gasteiger partial charge in [0.25, 0.3) is 5.91 Å². The summed E-state index contributed by atoms with van der Waals surface area (Å²) < 4.78 is 1.83. The van der Waals surface area contributed by atoms with Crippen molar-refractivity contribution in [2.45, 2.75) is 12.1 Å². The molecule has 0 aliphatic heterocycles. The van der Waals surface area contributed by atoms with Crippen molar-refractivity contribution >= 4 is 35.5 Å². The summed E-state index contributed by atoms with van der Waals surface area (Å²) in [7, 11) is 1.85. The average Bonchev–Trinajstić information content (AvgIpc) is 3.02. The second-order valence-corrected chi connectivity index (χ2v) is 7.19. The Labute approximate surface area is 166 Å². The van der Waals surface area contributed by atoms with Crippen LogP contribution in [0.4, 0.5) is 0 Å². The maximum atomic E-state index is 12.0. The first-order chi connectivity index (χ1) is 13.0. The summed E-state index contributed by atoms with van der Waals surface area (Å²) >= 11 is 7.32. The SMILES string of the molecule is Cc1ccccc1/C=N/NC(=O)CSc1nnc(-c2cccc(Cl)c2)n1C. The highest BCUT2D eigenvalue weighted by Gasteiger charge is 2.13. The molecule has 6 nitrogen and oxygen atoms in total. The molecule has 1 aromatic heterocycles. The van der Waals surface area contributed by atoms with Crippen LogP contribution < -0.4 is 5.43 Å². The molecular formula is C19H18ClN5OS. The van der Waals surface area contributed by atoms with Crippen LogP contribution >= 0.6 is 23.4 Å². The molecule has 3 aromatic rings. The Morgan fingerprint density at radius 2 is 2.07 bits per heavy atom. The fourth-order valence-electron chi connectivity index (χ4n) is 2.39. The number of carbonyl (C=O) groups is 1. The average molecular weight is 400 g/mol. The first-order valence-electron chi connectivity index (χ1n) is 8.20. The highest BCUT2D eigenvalue weighted by molar-refractivity contribution is 7.99. The molecule has 1 heterocycles. The maximum absolute atomic E-state index is 12.0. The molecule has 0 aliphatic carbocycles. The second kappa shape index (κ2) is 8.83. The van der Waals surface area contributed by atoms with Crippen molar-refractivity contribution in [3.8, 4) is 11.4 Å². The lowest BCUT2D eigenvalue weighted by Crippen LogP contribution is -2.20. The number of aromatic nitrogens is 3. The van der Waals surface area contributed by atoms with E-state index in [2.05, 4.69) is 20.7 Å². The van der Waals surface area contributed by atoms with Gasteiger partial charge >= 0.3 is 0 Å². The molecule has 27 heavy (non-hydrogen) atoms. The van der Waals surface area contributed by atoms with Crippen LogP contribution in [0, 0.1) is 6.92 Å². The van der Waals surface area contributed by atoms with E-state index < -0.39 is 0 Å². The van der Waals surface area contributed by atoms with Crippen LogP contribution in [0.5, 0.6) is 0 Å². The lowest BCUT2D eigenvalue weighted by molar-refractivity contribution is -0.118. The Balaban J connectivity index is 1.57. The number of halogens is 1. The number of aryl methyl sites for hydroxylation is 1. The number of hydrogen-bond acceptors (Lipinski definition) is 5. The zero-order valence-corrected chi connectivity index (χ0v) is 16.5. The third kappa shape index (κ3) is 4.96. The van der Waals surface area contributed by atoms with Crippen LogP contribution in [-0.2, 0) is 11.8 Å². The Bertz CT molecular complexity index is 986. The largest absolute Gasteiger partial charge is 0.305 e. The molecule has 1 amide bonds. The first-order valence-corrected chi connectivity index (χ1v) is 9.56. The second-order valence-electron chi connectivity index (χ2n) is 5.81. The quantitative estimate of drug-likeness (QED) is 0.390. The summed E-state index contributed by atoms with van der Waals surface area (Å²) in [6, 6.07) is 15.2. The standard InChI is InChI=1S/C19H18ClN5OS/c1-13-6-3-4-7-15(13)11-21-22-17(26)12-27-19-24-23-18(25(19)2)14-8-5-9-16(20)10-14/h3-11H,12H2,1-2H3,(H,22,26)/b21-11+. The molecule has 0 atom stereocenters. The summed E-state index contributed by atoms with van der Waals surface area (Å²) in [4.78, 5) is 12.0. The number of carbonyl (C=O) groups excluding carboxylic acids is 1. The molecule has 0 bridgehead atoms.